The van der Waals surface area contributed by atoms with Crippen LogP contribution >= 0.6 is 23.1 Å². The average molecular weight is 440 g/mol. The molecule has 1 aliphatic rings. The Balaban J connectivity index is 1.78. The Morgan fingerprint density at radius 2 is 1.83 bits per heavy atom. The lowest BCUT2D eigenvalue weighted by molar-refractivity contribution is -0.113. The van der Waals surface area contributed by atoms with Crippen molar-refractivity contribution in [3.05, 3.63) is 64.5 Å². The minimum absolute atomic E-state index is 0.0931. The first-order valence-corrected chi connectivity index (χ1v) is 10.5. The molecule has 0 aliphatic carbocycles. The van der Waals surface area contributed by atoms with Crippen molar-refractivity contribution in [2.75, 3.05) is 19.1 Å². The Hall–Kier alpha value is -3.30. The number of ether oxygens (including phenoxy) is 2. The fraction of sp³-hybridized carbons (Fsp3) is 0.0952. The Labute approximate surface area is 181 Å². The highest BCUT2D eigenvalue weighted by atomic mass is 32.2. The molecule has 152 valence electrons. The molecule has 2 heterocycles. The molecule has 3 aromatic rings. The van der Waals surface area contributed by atoms with E-state index < -0.39 is 0 Å². The fourth-order valence-corrected chi connectivity index (χ4v) is 4.40. The van der Waals surface area contributed by atoms with Gasteiger partial charge in [-0.05, 0) is 47.7 Å². The van der Waals surface area contributed by atoms with Crippen molar-refractivity contribution in [1.29, 1.82) is 0 Å². The van der Waals surface area contributed by atoms with Crippen LogP contribution in [0, 0.1) is 0 Å². The van der Waals surface area contributed by atoms with Crippen molar-refractivity contribution in [1.82, 2.24) is 4.98 Å². The van der Waals surface area contributed by atoms with Crippen molar-refractivity contribution in [2.24, 2.45) is 4.99 Å². The van der Waals surface area contributed by atoms with E-state index in [1.807, 2.05) is 35.7 Å². The highest BCUT2D eigenvalue weighted by molar-refractivity contribution is 8.19. The van der Waals surface area contributed by atoms with Crippen LogP contribution in [0.5, 0.6) is 17.2 Å². The number of rotatable bonds is 5. The average Bonchev–Trinajstić information content (AvgIpc) is 3.38. The number of anilines is 1. The Kier molecular flexibility index (Phi) is 5.73. The Morgan fingerprint density at radius 1 is 1.13 bits per heavy atom. The van der Waals surface area contributed by atoms with Gasteiger partial charge in [-0.3, -0.25) is 9.69 Å². The highest BCUT2D eigenvalue weighted by Gasteiger charge is 2.35. The number of aromatic hydroxyl groups is 1. The van der Waals surface area contributed by atoms with Gasteiger partial charge in [-0.2, -0.15) is 4.99 Å². The van der Waals surface area contributed by atoms with E-state index in [1.54, 1.807) is 29.3 Å². The third kappa shape index (κ3) is 3.89. The molecular weight excluding hydrogens is 422 g/mol. The molecule has 0 bridgehead atoms. The zero-order chi connectivity index (χ0) is 21.1. The number of phenolic OH excluding ortho intramolecular Hbond substituents is 1. The molecule has 1 aliphatic heterocycles. The Bertz CT molecular complexity index is 1100. The quantitative estimate of drug-likeness (QED) is 0.582. The second-order valence-corrected chi connectivity index (χ2v) is 7.95. The number of benzene rings is 2. The zero-order valence-electron chi connectivity index (χ0n) is 16.1. The molecule has 0 radical (unpaired) electrons. The molecule has 1 aromatic heterocycles. The summed E-state index contributed by atoms with van der Waals surface area (Å²) in [6, 6.07) is 12.6. The van der Waals surface area contributed by atoms with Crippen LogP contribution in [-0.4, -0.2) is 35.4 Å². The summed E-state index contributed by atoms with van der Waals surface area (Å²) < 4.78 is 10.4. The van der Waals surface area contributed by atoms with Crippen LogP contribution in [0.3, 0.4) is 0 Å². The number of aliphatic imine (C=N–C) groups is 1. The summed E-state index contributed by atoms with van der Waals surface area (Å²) in [5.41, 5.74) is 1.37. The van der Waals surface area contributed by atoms with Gasteiger partial charge in [0.1, 0.15) is 0 Å². The number of thioether (sulfide) groups is 1. The van der Waals surface area contributed by atoms with Crippen LogP contribution in [0.4, 0.5) is 10.8 Å². The number of phenols is 1. The molecule has 0 saturated carbocycles. The molecule has 0 unspecified atom stereocenters. The number of thiazole rings is 1. The number of methoxy groups -OCH3 is 2. The summed E-state index contributed by atoms with van der Waals surface area (Å²) in [6.45, 7) is 0. The van der Waals surface area contributed by atoms with Gasteiger partial charge in [0, 0.05) is 11.6 Å². The molecule has 2 aromatic carbocycles. The van der Waals surface area contributed by atoms with E-state index in [9.17, 15) is 9.90 Å². The minimum Gasteiger partial charge on any atom is -0.502 e. The van der Waals surface area contributed by atoms with E-state index in [0.717, 1.165) is 5.69 Å². The zero-order valence-corrected chi connectivity index (χ0v) is 17.7. The largest absolute Gasteiger partial charge is 0.502 e. The number of aromatic nitrogens is 1. The van der Waals surface area contributed by atoms with Gasteiger partial charge in [0.05, 0.1) is 24.8 Å². The van der Waals surface area contributed by atoms with Crippen molar-refractivity contribution in [2.45, 2.75) is 0 Å². The molecule has 1 N–H and O–H groups in total. The van der Waals surface area contributed by atoms with Gasteiger partial charge in [0.15, 0.2) is 16.7 Å². The minimum atomic E-state index is -0.201. The SMILES string of the molecule is COc1cc(/C=C2\S/C(=N/c3nccs3)N(c3ccccc3)C2=O)cc(OC)c1O. The summed E-state index contributed by atoms with van der Waals surface area (Å²) in [5, 5.41) is 13.0. The normalized spacial score (nSPS) is 16.5. The van der Waals surface area contributed by atoms with E-state index in [-0.39, 0.29) is 23.2 Å². The van der Waals surface area contributed by atoms with E-state index in [2.05, 4.69) is 9.98 Å². The van der Waals surface area contributed by atoms with Crippen molar-refractivity contribution < 1.29 is 19.4 Å². The van der Waals surface area contributed by atoms with Gasteiger partial charge >= 0.3 is 0 Å². The lowest BCUT2D eigenvalue weighted by Gasteiger charge is -2.14. The number of para-hydroxylation sites is 1. The molecule has 1 amide bonds. The highest BCUT2D eigenvalue weighted by Crippen LogP contribution is 2.41. The molecular formula is C21H17N3O4S2. The van der Waals surface area contributed by atoms with E-state index in [0.29, 0.717) is 20.8 Å². The summed E-state index contributed by atoms with van der Waals surface area (Å²) in [4.78, 5) is 24.0. The molecule has 7 nitrogen and oxygen atoms in total. The third-order valence-corrected chi connectivity index (χ3v) is 5.87. The maximum atomic E-state index is 13.3. The summed E-state index contributed by atoms with van der Waals surface area (Å²) in [6.07, 6.45) is 3.39. The van der Waals surface area contributed by atoms with E-state index in [4.69, 9.17) is 9.47 Å². The number of carbonyl (C=O) groups excluding carboxylic acids is 1. The summed E-state index contributed by atoms with van der Waals surface area (Å²) in [7, 11) is 2.91. The van der Waals surface area contributed by atoms with Gasteiger partial charge in [-0.1, -0.05) is 18.2 Å². The number of nitrogens with zero attached hydrogens (tertiary/aromatic N) is 3. The maximum Gasteiger partial charge on any atom is 0.271 e. The van der Waals surface area contributed by atoms with Gasteiger partial charge in [0.2, 0.25) is 10.9 Å². The van der Waals surface area contributed by atoms with E-state index >= 15 is 0 Å². The lowest BCUT2D eigenvalue weighted by atomic mass is 10.1. The Morgan fingerprint density at radius 3 is 2.43 bits per heavy atom. The van der Waals surface area contributed by atoms with Crippen LogP contribution in [-0.2, 0) is 4.79 Å². The number of carbonyl (C=O) groups is 1. The smallest absolute Gasteiger partial charge is 0.271 e. The van der Waals surface area contributed by atoms with Crippen molar-refractivity contribution >= 4 is 51.1 Å². The van der Waals surface area contributed by atoms with Crippen LogP contribution < -0.4 is 14.4 Å². The number of hydrogen-bond donors (Lipinski definition) is 1. The van der Waals surface area contributed by atoms with E-state index in [1.165, 1.54) is 37.3 Å². The predicted molar refractivity (Wildman–Crippen MR) is 120 cm³/mol. The topological polar surface area (TPSA) is 84.3 Å². The lowest BCUT2D eigenvalue weighted by Crippen LogP contribution is -2.28. The molecule has 0 atom stereocenters. The van der Waals surface area contributed by atoms with Crippen LogP contribution in [0.25, 0.3) is 6.08 Å². The second-order valence-electron chi connectivity index (χ2n) is 6.07. The number of hydrogen-bond acceptors (Lipinski definition) is 8. The number of amidine groups is 1. The standard InChI is InChI=1S/C21H17N3O4S2/c1-27-15-10-13(11-16(28-2)18(15)25)12-17-19(26)24(14-6-4-3-5-7-14)21(30-17)23-20-22-8-9-29-20/h3-12,25H,1-2H3/b17-12-,23-21+. The van der Waals surface area contributed by atoms with Crippen molar-refractivity contribution in [3.63, 3.8) is 0 Å². The van der Waals surface area contributed by atoms with Gasteiger partial charge in [-0.15, -0.1) is 11.3 Å². The molecule has 1 saturated heterocycles. The second kappa shape index (κ2) is 8.60. The summed E-state index contributed by atoms with van der Waals surface area (Å²) in [5.74, 6) is 0.221. The van der Waals surface area contributed by atoms with Gasteiger partial charge in [-0.25, -0.2) is 4.98 Å². The molecule has 30 heavy (non-hydrogen) atoms. The van der Waals surface area contributed by atoms with Crippen LogP contribution in [0.15, 0.2) is 63.9 Å². The maximum absolute atomic E-state index is 13.3. The first-order valence-electron chi connectivity index (χ1n) is 8.83. The third-order valence-electron chi connectivity index (χ3n) is 4.23. The molecule has 9 heteroatoms. The number of amides is 1. The van der Waals surface area contributed by atoms with Crippen LogP contribution in [0.1, 0.15) is 5.56 Å². The van der Waals surface area contributed by atoms with Gasteiger partial charge in [0.25, 0.3) is 5.91 Å². The first-order chi connectivity index (χ1) is 14.6. The monoisotopic (exact) mass is 439 g/mol. The molecule has 4 rings (SSSR count). The van der Waals surface area contributed by atoms with Gasteiger partial charge < -0.3 is 14.6 Å². The van der Waals surface area contributed by atoms with Crippen molar-refractivity contribution in [3.8, 4) is 17.2 Å². The first kappa shape index (κ1) is 20.0. The predicted octanol–water partition coefficient (Wildman–Crippen LogP) is 4.67. The molecule has 1 fully saturated rings. The van der Waals surface area contributed by atoms with Crippen LogP contribution in [0.2, 0.25) is 0 Å². The summed E-state index contributed by atoms with van der Waals surface area (Å²) >= 11 is 2.65. The molecule has 0 spiro atoms. The fourth-order valence-electron chi connectivity index (χ4n) is 2.85.